The van der Waals surface area contributed by atoms with Crippen LogP contribution in [-0.2, 0) is 30.8 Å². The summed E-state index contributed by atoms with van der Waals surface area (Å²) < 4.78 is 55.8. The van der Waals surface area contributed by atoms with Gasteiger partial charge in [-0.2, -0.15) is 8.42 Å². The molecule has 0 amide bonds. The first-order valence-electron chi connectivity index (χ1n) is 18.5. The van der Waals surface area contributed by atoms with E-state index in [1.54, 1.807) is 0 Å². The Morgan fingerprint density at radius 1 is 0.660 bits per heavy atom. The van der Waals surface area contributed by atoms with Crippen LogP contribution in [0, 0.1) is 0 Å². The number of hydrogen-bond acceptors (Lipinski definition) is 6. The Bertz CT molecular complexity index is 2340. The third kappa shape index (κ3) is 8.32. The molecule has 0 bridgehead atoms. The van der Waals surface area contributed by atoms with Gasteiger partial charge >= 0.3 is 0 Å². The van der Waals surface area contributed by atoms with E-state index in [9.17, 15) is 21.4 Å². The van der Waals surface area contributed by atoms with Crippen molar-refractivity contribution in [1.82, 2.24) is 0 Å². The molecule has 280 valence electrons. The molecule has 1 atom stereocenters. The van der Waals surface area contributed by atoms with E-state index in [2.05, 4.69) is 129 Å². The molecule has 0 spiro atoms. The van der Waals surface area contributed by atoms with Crippen LogP contribution >= 0.6 is 0 Å². The van der Waals surface area contributed by atoms with Gasteiger partial charge in [0, 0.05) is 58.1 Å². The van der Waals surface area contributed by atoms with Gasteiger partial charge in [0.1, 0.15) is 9.84 Å². The maximum absolute atomic E-state index is 11.8. The molecule has 9 heteroatoms. The Balaban J connectivity index is 1.23. The lowest BCUT2D eigenvalue weighted by Crippen LogP contribution is -2.40. The summed E-state index contributed by atoms with van der Waals surface area (Å²) in [5.41, 5.74) is 5.70. The smallest absolute Gasteiger partial charge is 0.264 e. The predicted molar refractivity (Wildman–Crippen MR) is 223 cm³/mol. The summed E-state index contributed by atoms with van der Waals surface area (Å²) >= 11 is 0. The highest BCUT2D eigenvalue weighted by molar-refractivity contribution is 7.90. The maximum Gasteiger partial charge on any atom is 0.264 e. The fourth-order valence-corrected chi connectivity index (χ4v) is 9.55. The molecule has 0 fully saturated rings. The summed E-state index contributed by atoms with van der Waals surface area (Å²) in [5, 5.41) is 4.75. The molecule has 4 aromatic rings. The van der Waals surface area contributed by atoms with Gasteiger partial charge in [0.15, 0.2) is 0 Å². The number of benzene rings is 4. The highest BCUT2D eigenvalue weighted by Crippen LogP contribution is 2.51. The molecule has 7 nitrogen and oxygen atoms in total. The Labute approximate surface area is 316 Å². The van der Waals surface area contributed by atoms with Crippen LogP contribution in [0.2, 0.25) is 0 Å². The number of nitrogens with zero attached hydrogens (tertiary/aromatic N) is 2. The molecule has 2 heterocycles. The summed E-state index contributed by atoms with van der Waals surface area (Å²) in [4.78, 5) is 4.79. The number of sulfone groups is 1. The molecule has 0 saturated heterocycles. The second-order valence-electron chi connectivity index (χ2n) is 15.5. The van der Waals surface area contributed by atoms with Crippen molar-refractivity contribution in [2.24, 2.45) is 0 Å². The molecular formula is C44H52N2O5S2. The zero-order chi connectivity index (χ0) is 38.0. The SMILES string of the molecule is CC1(C)\C(=C/C=C/C=C/C=C/C2N(CCCCS(=O)(=O)O)c3c(ccc4ccccc34)C2(C)C)N(CCCCS(C)(=O)=O)c2c1ccc1ccccc21. The summed E-state index contributed by atoms with van der Waals surface area (Å²) in [6.07, 6.45) is 18.5. The van der Waals surface area contributed by atoms with Gasteiger partial charge in [-0.3, -0.25) is 4.55 Å². The van der Waals surface area contributed by atoms with Crippen molar-refractivity contribution in [1.29, 1.82) is 0 Å². The molecule has 0 radical (unpaired) electrons. The van der Waals surface area contributed by atoms with Gasteiger partial charge in [0.05, 0.1) is 17.5 Å². The minimum atomic E-state index is -4.00. The minimum Gasteiger partial charge on any atom is -0.363 e. The van der Waals surface area contributed by atoms with Crippen LogP contribution in [0.15, 0.2) is 121 Å². The molecule has 4 aromatic carbocycles. The standard InChI is InChI=1S/C44H52N2O5S2/c1-43(2)37-27-25-33-19-11-13-21-35(33)41(37)45(29-15-17-31-52(5,47)48)39(43)23-9-7-6-8-10-24-40-44(3,4)38-28-26-34-20-12-14-22-36(34)42(38)46(40)30-16-18-32-53(49,50)51/h6-14,19-28,40H,15-18,29-32H2,1-5H3,(H,49,50,51)/b8-6+,9-7+,24-10+,39-23+. The van der Waals surface area contributed by atoms with E-state index in [4.69, 9.17) is 0 Å². The van der Waals surface area contributed by atoms with Gasteiger partial charge in [-0.1, -0.05) is 137 Å². The molecule has 2 aliphatic heterocycles. The molecule has 0 saturated carbocycles. The molecule has 2 aliphatic rings. The van der Waals surface area contributed by atoms with E-state index >= 15 is 0 Å². The van der Waals surface area contributed by atoms with Crippen molar-refractivity contribution in [3.05, 3.63) is 132 Å². The van der Waals surface area contributed by atoms with Crippen LogP contribution < -0.4 is 9.80 Å². The van der Waals surface area contributed by atoms with Gasteiger partial charge < -0.3 is 9.80 Å². The summed E-state index contributed by atoms with van der Waals surface area (Å²) in [7, 11) is -7.01. The zero-order valence-electron chi connectivity index (χ0n) is 31.5. The van der Waals surface area contributed by atoms with Gasteiger partial charge in [-0.15, -0.1) is 0 Å². The highest BCUT2D eigenvalue weighted by atomic mass is 32.2. The largest absolute Gasteiger partial charge is 0.363 e. The van der Waals surface area contributed by atoms with Crippen LogP contribution in [0.25, 0.3) is 21.5 Å². The number of allylic oxidation sites excluding steroid dienone is 7. The average Bonchev–Trinajstić information content (AvgIpc) is 3.45. The molecule has 6 rings (SSSR count). The number of unbranched alkanes of at least 4 members (excludes halogenated alkanes) is 2. The second kappa shape index (κ2) is 15.3. The normalized spacial score (nSPS) is 19.1. The molecule has 1 N–H and O–H groups in total. The average molecular weight is 753 g/mol. The highest BCUT2D eigenvalue weighted by Gasteiger charge is 2.44. The fraction of sp³-hybridized carbons (Fsp3) is 0.364. The third-order valence-corrected chi connectivity index (χ3v) is 12.8. The summed E-state index contributed by atoms with van der Waals surface area (Å²) in [6.45, 7) is 10.5. The van der Waals surface area contributed by atoms with Crippen molar-refractivity contribution >= 4 is 52.9 Å². The van der Waals surface area contributed by atoms with Crippen LogP contribution in [0.5, 0.6) is 0 Å². The minimum absolute atomic E-state index is 0.0497. The van der Waals surface area contributed by atoms with Crippen molar-refractivity contribution in [3.63, 3.8) is 0 Å². The number of fused-ring (bicyclic) bond motifs is 6. The van der Waals surface area contributed by atoms with E-state index in [0.29, 0.717) is 25.8 Å². The van der Waals surface area contributed by atoms with Gasteiger partial charge in [0.25, 0.3) is 10.1 Å². The van der Waals surface area contributed by atoms with Crippen LogP contribution in [0.3, 0.4) is 0 Å². The maximum atomic E-state index is 11.8. The zero-order valence-corrected chi connectivity index (χ0v) is 33.1. The molecule has 0 aromatic heterocycles. The Hall–Kier alpha value is -4.18. The monoisotopic (exact) mass is 752 g/mol. The Morgan fingerprint density at radius 2 is 1.23 bits per heavy atom. The Kier molecular flexibility index (Phi) is 11.1. The fourth-order valence-electron chi connectivity index (χ4n) is 8.25. The predicted octanol–water partition coefficient (Wildman–Crippen LogP) is 9.30. The van der Waals surface area contributed by atoms with E-state index < -0.39 is 20.0 Å². The van der Waals surface area contributed by atoms with Gasteiger partial charge in [0.2, 0.25) is 0 Å². The van der Waals surface area contributed by atoms with Crippen molar-refractivity contribution in [3.8, 4) is 0 Å². The first-order valence-corrected chi connectivity index (χ1v) is 22.2. The lowest BCUT2D eigenvalue weighted by atomic mass is 9.80. The molecule has 0 aliphatic carbocycles. The van der Waals surface area contributed by atoms with Gasteiger partial charge in [-0.05, 0) is 53.7 Å². The van der Waals surface area contributed by atoms with Crippen molar-refractivity contribution in [2.75, 3.05) is 40.7 Å². The van der Waals surface area contributed by atoms with E-state index in [1.165, 1.54) is 56.0 Å². The second-order valence-corrected chi connectivity index (χ2v) is 19.4. The molecule has 53 heavy (non-hydrogen) atoms. The number of anilines is 2. The van der Waals surface area contributed by atoms with Crippen molar-refractivity contribution in [2.45, 2.75) is 70.3 Å². The third-order valence-electron chi connectivity index (χ3n) is 10.9. The topological polar surface area (TPSA) is 95.0 Å². The lowest BCUT2D eigenvalue weighted by molar-refractivity contribution is 0.466. The van der Waals surface area contributed by atoms with Crippen molar-refractivity contribution < 1.29 is 21.4 Å². The summed E-state index contributed by atoms with van der Waals surface area (Å²) in [5.74, 6) is -0.0460. The van der Waals surface area contributed by atoms with E-state index in [1.807, 2.05) is 24.3 Å². The molecular weight excluding hydrogens is 701 g/mol. The Morgan fingerprint density at radius 3 is 1.89 bits per heavy atom. The first kappa shape index (κ1) is 38.5. The van der Waals surface area contributed by atoms with E-state index in [-0.39, 0.29) is 28.4 Å². The van der Waals surface area contributed by atoms with Gasteiger partial charge in [-0.25, -0.2) is 8.42 Å². The first-order chi connectivity index (χ1) is 25.1. The van der Waals surface area contributed by atoms with Crippen LogP contribution in [-0.4, -0.2) is 58.3 Å². The number of rotatable bonds is 14. The van der Waals surface area contributed by atoms with E-state index in [0.717, 1.165) is 13.0 Å². The van der Waals surface area contributed by atoms with Crippen LogP contribution in [0.4, 0.5) is 11.4 Å². The number of hydrogen-bond donors (Lipinski definition) is 1. The van der Waals surface area contributed by atoms with Crippen LogP contribution in [0.1, 0.15) is 64.5 Å². The lowest BCUT2D eigenvalue weighted by Gasteiger charge is -2.32. The quantitative estimate of drug-likeness (QED) is 0.0780. The molecule has 1 unspecified atom stereocenters. The summed E-state index contributed by atoms with van der Waals surface area (Å²) in [6, 6.07) is 25.7.